The highest BCUT2D eigenvalue weighted by Crippen LogP contribution is 2.24. The fourth-order valence-corrected chi connectivity index (χ4v) is 1.49. The van der Waals surface area contributed by atoms with Crippen molar-refractivity contribution in [1.29, 1.82) is 0 Å². The minimum Gasteiger partial charge on any atom is -0.205 e. The van der Waals surface area contributed by atoms with E-state index in [0.29, 0.717) is 0 Å². The zero-order valence-corrected chi connectivity index (χ0v) is 8.67. The first kappa shape index (κ1) is 9.83. The zero-order valence-electron chi connectivity index (χ0n) is 6.51. The molecule has 0 nitrogen and oxygen atoms in total. The van der Waals surface area contributed by atoms with E-state index in [9.17, 15) is 13.2 Å². The van der Waals surface area contributed by atoms with Crippen LogP contribution in [0.2, 0.25) is 0 Å². The third-order valence-electron chi connectivity index (χ3n) is 1.70. The lowest BCUT2D eigenvalue weighted by Crippen LogP contribution is -2.01. The predicted octanol–water partition coefficient (Wildman–Crippen LogP) is 3.33. The van der Waals surface area contributed by atoms with Crippen LogP contribution in [0.4, 0.5) is 13.2 Å². The average molecular weight is 286 g/mol. The summed E-state index contributed by atoms with van der Waals surface area (Å²) in [5, 5.41) is 0. The number of hydrogen-bond acceptors (Lipinski definition) is 0. The van der Waals surface area contributed by atoms with E-state index in [0.717, 1.165) is 0 Å². The van der Waals surface area contributed by atoms with Crippen molar-refractivity contribution < 1.29 is 13.2 Å². The van der Waals surface area contributed by atoms with Gasteiger partial charge in [-0.05, 0) is 36.4 Å². The van der Waals surface area contributed by atoms with Crippen molar-refractivity contribution in [2.75, 3.05) is 0 Å². The second-order valence-corrected chi connectivity index (χ2v) is 3.58. The fraction of sp³-hybridized carbons (Fsp3) is 0.250. The molecule has 0 bridgehead atoms. The lowest BCUT2D eigenvalue weighted by molar-refractivity contribution is 0.477. The largest absolute Gasteiger partial charge is 0.205 e. The highest BCUT2D eigenvalue weighted by Gasteiger charge is 2.17. The summed E-state index contributed by atoms with van der Waals surface area (Å²) in [7, 11) is 0. The van der Waals surface area contributed by atoms with Gasteiger partial charge in [0, 0.05) is 11.1 Å². The second kappa shape index (κ2) is 3.24. The van der Waals surface area contributed by atoms with E-state index in [4.69, 9.17) is 0 Å². The highest BCUT2D eigenvalue weighted by atomic mass is 127. The van der Waals surface area contributed by atoms with Gasteiger partial charge in [0.2, 0.25) is 0 Å². The molecule has 0 aliphatic rings. The molecule has 0 N–H and O–H groups in total. The monoisotopic (exact) mass is 286 g/mol. The van der Waals surface area contributed by atoms with Crippen LogP contribution in [-0.2, 0) is 0 Å². The van der Waals surface area contributed by atoms with Gasteiger partial charge in [-0.3, -0.25) is 0 Å². The van der Waals surface area contributed by atoms with E-state index < -0.39 is 17.5 Å². The van der Waals surface area contributed by atoms with Gasteiger partial charge >= 0.3 is 0 Å². The standard InChI is InChI=1S/C8H6F3I/c1-3-5(9)6(10)4(2)8(12)7(3)11/h1-2H3. The molecule has 0 spiro atoms. The molecule has 4 heteroatoms. The van der Waals surface area contributed by atoms with Gasteiger partial charge in [-0.2, -0.15) is 0 Å². The van der Waals surface area contributed by atoms with Crippen LogP contribution in [-0.4, -0.2) is 0 Å². The van der Waals surface area contributed by atoms with Gasteiger partial charge in [0.05, 0.1) is 3.57 Å². The molecule has 0 saturated heterocycles. The lowest BCUT2D eigenvalue weighted by atomic mass is 10.1. The number of rotatable bonds is 0. The molecule has 12 heavy (non-hydrogen) atoms. The maximum Gasteiger partial charge on any atom is 0.164 e. The molecule has 0 atom stereocenters. The number of hydrogen-bond donors (Lipinski definition) is 0. The molecule has 0 saturated carbocycles. The quantitative estimate of drug-likeness (QED) is 0.507. The Morgan fingerprint density at radius 1 is 0.833 bits per heavy atom. The Morgan fingerprint density at radius 3 is 1.75 bits per heavy atom. The third-order valence-corrected chi connectivity index (χ3v) is 2.98. The van der Waals surface area contributed by atoms with Crippen LogP contribution in [0.5, 0.6) is 0 Å². The van der Waals surface area contributed by atoms with E-state index in [2.05, 4.69) is 0 Å². The molecular weight excluding hydrogens is 280 g/mol. The Morgan fingerprint density at radius 2 is 1.25 bits per heavy atom. The average Bonchev–Trinajstić information content (AvgIpc) is 2.08. The second-order valence-electron chi connectivity index (χ2n) is 2.51. The summed E-state index contributed by atoms with van der Waals surface area (Å²) < 4.78 is 38.9. The number of benzene rings is 1. The van der Waals surface area contributed by atoms with Crippen molar-refractivity contribution >= 4 is 22.6 Å². The van der Waals surface area contributed by atoms with Crippen LogP contribution in [0.25, 0.3) is 0 Å². The van der Waals surface area contributed by atoms with Crippen molar-refractivity contribution in [3.8, 4) is 0 Å². The molecule has 0 aromatic heterocycles. The molecule has 1 aromatic rings. The minimum absolute atomic E-state index is 0.0243. The predicted molar refractivity (Wildman–Crippen MR) is 48.5 cm³/mol. The van der Waals surface area contributed by atoms with E-state index in [-0.39, 0.29) is 14.7 Å². The van der Waals surface area contributed by atoms with E-state index in [1.807, 2.05) is 0 Å². The van der Waals surface area contributed by atoms with Crippen molar-refractivity contribution in [3.63, 3.8) is 0 Å². The van der Waals surface area contributed by atoms with Crippen molar-refractivity contribution in [3.05, 3.63) is 32.1 Å². The van der Waals surface area contributed by atoms with Crippen molar-refractivity contribution in [1.82, 2.24) is 0 Å². The summed E-state index contributed by atoms with van der Waals surface area (Å²) in [6.07, 6.45) is 0. The van der Waals surface area contributed by atoms with Gasteiger partial charge in [-0.15, -0.1) is 0 Å². The van der Waals surface area contributed by atoms with E-state index in [1.165, 1.54) is 13.8 Å². The molecule has 0 aliphatic heterocycles. The van der Waals surface area contributed by atoms with Crippen molar-refractivity contribution in [2.45, 2.75) is 13.8 Å². The molecule has 0 unspecified atom stereocenters. The fourth-order valence-electron chi connectivity index (χ4n) is 0.851. The molecule has 1 aromatic carbocycles. The lowest BCUT2D eigenvalue weighted by Gasteiger charge is -2.06. The zero-order chi connectivity index (χ0) is 9.46. The molecular formula is C8H6F3I. The smallest absolute Gasteiger partial charge is 0.164 e. The first-order chi connectivity index (χ1) is 5.46. The Labute approximate surface area is 81.9 Å². The van der Waals surface area contributed by atoms with Crippen LogP contribution in [0.3, 0.4) is 0 Å². The SMILES string of the molecule is Cc1c(F)c(F)c(C)c(I)c1F. The summed E-state index contributed by atoms with van der Waals surface area (Å²) in [5.74, 6) is -2.73. The molecule has 0 aliphatic carbocycles. The van der Waals surface area contributed by atoms with Crippen LogP contribution >= 0.6 is 22.6 Å². The Hall–Kier alpha value is -0.260. The third kappa shape index (κ3) is 1.32. The molecule has 0 radical (unpaired) electrons. The Balaban J connectivity index is 3.60. The normalized spacial score (nSPS) is 10.5. The Bertz CT molecular complexity index is 229. The Kier molecular flexibility index (Phi) is 2.65. The maximum atomic E-state index is 13.0. The topological polar surface area (TPSA) is 0 Å². The molecule has 0 amide bonds. The summed E-state index contributed by atoms with van der Waals surface area (Å²) in [5.41, 5.74) is -0.237. The van der Waals surface area contributed by atoms with Gasteiger partial charge in [0.15, 0.2) is 11.6 Å². The summed E-state index contributed by atoms with van der Waals surface area (Å²) >= 11 is 1.66. The van der Waals surface area contributed by atoms with Gasteiger partial charge in [0.25, 0.3) is 0 Å². The maximum absolute atomic E-state index is 13.0. The first-order valence-corrected chi connectivity index (χ1v) is 4.33. The van der Waals surface area contributed by atoms with Crippen molar-refractivity contribution in [2.24, 2.45) is 0 Å². The summed E-state index contributed by atoms with van der Waals surface area (Å²) in [6.45, 7) is 2.57. The number of halogens is 4. The van der Waals surface area contributed by atoms with Crippen LogP contribution in [0.15, 0.2) is 0 Å². The molecule has 0 heterocycles. The minimum atomic E-state index is -1.09. The molecule has 0 fully saturated rings. The van der Waals surface area contributed by atoms with Gasteiger partial charge in [-0.1, -0.05) is 0 Å². The highest BCUT2D eigenvalue weighted by molar-refractivity contribution is 14.1. The van der Waals surface area contributed by atoms with E-state index in [1.54, 1.807) is 22.6 Å². The van der Waals surface area contributed by atoms with E-state index >= 15 is 0 Å². The van der Waals surface area contributed by atoms with Crippen LogP contribution in [0.1, 0.15) is 11.1 Å². The summed E-state index contributed by atoms with van der Waals surface area (Å²) in [4.78, 5) is 0. The van der Waals surface area contributed by atoms with Gasteiger partial charge < -0.3 is 0 Å². The van der Waals surface area contributed by atoms with Crippen LogP contribution < -0.4 is 0 Å². The first-order valence-electron chi connectivity index (χ1n) is 3.26. The van der Waals surface area contributed by atoms with Gasteiger partial charge in [-0.25, -0.2) is 13.2 Å². The van der Waals surface area contributed by atoms with Gasteiger partial charge in [0.1, 0.15) is 5.82 Å². The summed E-state index contributed by atoms with van der Waals surface area (Å²) in [6, 6.07) is 0. The van der Waals surface area contributed by atoms with Crippen LogP contribution in [0, 0.1) is 34.9 Å². The molecule has 1 rings (SSSR count). The molecule has 66 valence electrons.